The number of thioether (sulfide) groups is 1. The normalized spacial score (nSPS) is 13.8. The summed E-state index contributed by atoms with van der Waals surface area (Å²) in [6.07, 6.45) is 1.52. The molecular formula is C18H17N5OS2. The average molecular weight is 384 g/mol. The van der Waals surface area contributed by atoms with Crippen molar-refractivity contribution in [2.24, 2.45) is 5.10 Å². The van der Waals surface area contributed by atoms with Gasteiger partial charge in [-0.05, 0) is 17.0 Å². The van der Waals surface area contributed by atoms with Crippen LogP contribution in [0.1, 0.15) is 22.7 Å². The Bertz CT molecular complexity index is 905. The van der Waals surface area contributed by atoms with Crippen LogP contribution in [0.4, 0.5) is 0 Å². The molecule has 0 aliphatic carbocycles. The fourth-order valence-electron chi connectivity index (χ4n) is 2.67. The fraction of sp³-hybridized carbons (Fsp3) is 0.222. The van der Waals surface area contributed by atoms with Crippen LogP contribution < -0.4 is 0 Å². The number of benzene rings is 1. The zero-order valence-electron chi connectivity index (χ0n) is 14.0. The maximum Gasteiger partial charge on any atom is 0.253 e. The lowest BCUT2D eigenvalue weighted by Gasteiger charge is -2.09. The van der Waals surface area contributed by atoms with Gasteiger partial charge < -0.3 is 0 Å². The molecule has 0 saturated carbocycles. The van der Waals surface area contributed by atoms with Crippen LogP contribution in [0.3, 0.4) is 0 Å². The van der Waals surface area contributed by atoms with Crippen LogP contribution in [-0.2, 0) is 11.2 Å². The van der Waals surface area contributed by atoms with Crippen LogP contribution in [0.2, 0.25) is 0 Å². The second-order valence-corrected chi connectivity index (χ2v) is 7.76. The third-order valence-electron chi connectivity index (χ3n) is 3.95. The number of H-pyrrole nitrogens is 1. The second-order valence-electron chi connectivity index (χ2n) is 5.79. The lowest BCUT2D eigenvalue weighted by Crippen LogP contribution is -2.25. The molecule has 0 spiro atoms. The largest absolute Gasteiger partial charge is 0.272 e. The third kappa shape index (κ3) is 4.03. The Morgan fingerprint density at radius 1 is 1.23 bits per heavy atom. The van der Waals surface area contributed by atoms with Crippen molar-refractivity contribution in [2.75, 3.05) is 12.3 Å². The number of nitrogens with zero attached hydrogens (tertiary/aromatic N) is 4. The molecule has 0 saturated heterocycles. The summed E-state index contributed by atoms with van der Waals surface area (Å²) in [6, 6.07) is 14.1. The average Bonchev–Trinajstić information content (AvgIpc) is 3.43. The monoisotopic (exact) mass is 383 g/mol. The van der Waals surface area contributed by atoms with Crippen molar-refractivity contribution >= 4 is 34.7 Å². The number of rotatable bonds is 6. The van der Waals surface area contributed by atoms with Crippen LogP contribution in [0.5, 0.6) is 0 Å². The number of aromatic nitrogens is 3. The van der Waals surface area contributed by atoms with E-state index in [2.05, 4.69) is 26.3 Å². The summed E-state index contributed by atoms with van der Waals surface area (Å²) in [7, 11) is 0. The molecule has 6 nitrogen and oxygen atoms in total. The van der Waals surface area contributed by atoms with Crippen LogP contribution >= 0.6 is 23.1 Å². The molecule has 1 aliphatic heterocycles. The van der Waals surface area contributed by atoms with Gasteiger partial charge in [-0.1, -0.05) is 48.2 Å². The van der Waals surface area contributed by atoms with Gasteiger partial charge in [0, 0.05) is 17.7 Å². The van der Waals surface area contributed by atoms with Gasteiger partial charge in [0.2, 0.25) is 5.16 Å². The van der Waals surface area contributed by atoms with Crippen LogP contribution in [0.25, 0.3) is 0 Å². The minimum absolute atomic E-state index is 0.0227. The lowest BCUT2D eigenvalue weighted by atomic mass is 10.1. The van der Waals surface area contributed by atoms with Gasteiger partial charge in [-0.25, -0.2) is 9.99 Å². The summed E-state index contributed by atoms with van der Waals surface area (Å²) in [4.78, 5) is 18.1. The Labute approximate surface area is 159 Å². The maximum atomic E-state index is 12.4. The Kier molecular flexibility index (Phi) is 5.12. The zero-order chi connectivity index (χ0) is 17.8. The molecule has 0 bridgehead atoms. The van der Waals surface area contributed by atoms with Gasteiger partial charge in [0.05, 0.1) is 18.0 Å². The smallest absolute Gasteiger partial charge is 0.253 e. The molecule has 3 heterocycles. The number of thiophene rings is 1. The molecule has 2 aromatic heterocycles. The van der Waals surface area contributed by atoms with Crippen LogP contribution in [0, 0.1) is 0 Å². The molecule has 0 unspecified atom stereocenters. The van der Waals surface area contributed by atoms with E-state index in [4.69, 9.17) is 0 Å². The van der Waals surface area contributed by atoms with E-state index in [0.717, 1.165) is 29.9 Å². The van der Waals surface area contributed by atoms with E-state index >= 15 is 0 Å². The summed E-state index contributed by atoms with van der Waals surface area (Å²) >= 11 is 3.03. The topological polar surface area (TPSA) is 74.2 Å². The minimum atomic E-state index is -0.0227. The molecule has 1 amide bonds. The second kappa shape index (κ2) is 7.84. The van der Waals surface area contributed by atoms with Crippen LogP contribution in [-0.4, -0.2) is 44.1 Å². The van der Waals surface area contributed by atoms with Gasteiger partial charge in [0.15, 0.2) is 0 Å². The third-order valence-corrected chi connectivity index (χ3v) is 5.66. The van der Waals surface area contributed by atoms with Crippen molar-refractivity contribution in [2.45, 2.75) is 18.0 Å². The van der Waals surface area contributed by atoms with E-state index in [1.807, 2.05) is 41.8 Å². The van der Waals surface area contributed by atoms with E-state index in [1.165, 1.54) is 16.6 Å². The molecule has 0 radical (unpaired) electrons. The van der Waals surface area contributed by atoms with Crippen molar-refractivity contribution in [1.82, 2.24) is 20.2 Å². The minimum Gasteiger partial charge on any atom is -0.272 e. The molecule has 1 aromatic carbocycles. The number of hydrogen-bond donors (Lipinski definition) is 1. The number of aromatic amines is 1. The van der Waals surface area contributed by atoms with Crippen LogP contribution in [0.15, 0.2) is 58.1 Å². The number of carbonyl (C=O) groups is 1. The summed E-state index contributed by atoms with van der Waals surface area (Å²) in [5, 5.41) is 15.8. The molecule has 26 heavy (non-hydrogen) atoms. The Balaban J connectivity index is 1.32. The van der Waals surface area contributed by atoms with Gasteiger partial charge in [0.25, 0.3) is 5.91 Å². The summed E-state index contributed by atoms with van der Waals surface area (Å²) in [5.74, 6) is 1.07. The molecule has 0 fully saturated rings. The predicted octanol–water partition coefficient (Wildman–Crippen LogP) is 3.19. The van der Waals surface area contributed by atoms with E-state index in [9.17, 15) is 4.79 Å². The Morgan fingerprint density at radius 2 is 2.12 bits per heavy atom. The van der Waals surface area contributed by atoms with E-state index < -0.39 is 0 Å². The highest BCUT2D eigenvalue weighted by molar-refractivity contribution is 7.99. The quantitative estimate of drug-likeness (QED) is 0.664. The predicted molar refractivity (Wildman–Crippen MR) is 104 cm³/mol. The number of hydrogen-bond acceptors (Lipinski definition) is 6. The van der Waals surface area contributed by atoms with E-state index in [0.29, 0.717) is 11.7 Å². The fourth-order valence-corrected chi connectivity index (χ4v) is 4.07. The molecule has 4 rings (SSSR count). The Morgan fingerprint density at radius 3 is 2.92 bits per heavy atom. The highest BCUT2D eigenvalue weighted by Crippen LogP contribution is 2.19. The number of hydrazone groups is 1. The SMILES string of the molecule is O=C(CSc1n[nH]c(Cc2cccs2)n1)N1CCC(c2ccccc2)=N1. The van der Waals surface area contributed by atoms with E-state index in [1.54, 1.807) is 16.3 Å². The molecular weight excluding hydrogens is 366 g/mol. The molecule has 1 aliphatic rings. The molecule has 132 valence electrons. The number of amides is 1. The van der Waals surface area contributed by atoms with E-state index in [-0.39, 0.29) is 11.7 Å². The number of nitrogens with one attached hydrogen (secondary N) is 1. The van der Waals surface area contributed by atoms with Gasteiger partial charge in [-0.2, -0.15) is 5.10 Å². The van der Waals surface area contributed by atoms with Gasteiger partial charge in [0.1, 0.15) is 5.82 Å². The first-order valence-corrected chi connectivity index (χ1v) is 10.1. The van der Waals surface area contributed by atoms with Gasteiger partial charge in [-0.15, -0.1) is 16.4 Å². The molecule has 1 N–H and O–H groups in total. The zero-order valence-corrected chi connectivity index (χ0v) is 15.6. The van der Waals surface area contributed by atoms with Gasteiger partial charge >= 0.3 is 0 Å². The first-order valence-electron chi connectivity index (χ1n) is 8.27. The standard InChI is InChI=1S/C18H17N5OS2/c24-17(23-9-8-15(22-23)13-5-2-1-3-6-13)12-26-18-19-16(20-21-18)11-14-7-4-10-25-14/h1-7,10H,8-9,11-12H2,(H,19,20,21). The lowest BCUT2D eigenvalue weighted by molar-refractivity contribution is -0.127. The molecule has 3 aromatic rings. The van der Waals surface area contributed by atoms with Crippen molar-refractivity contribution in [3.8, 4) is 0 Å². The highest BCUT2D eigenvalue weighted by Gasteiger charge is 2.22. The van der Waals surface area contributed by atoms with Crippen molar-refractivity contribution < 1.29 is 4.79 Å². The summed E-state index contributed by atoms with van der Waals surface area (Å²) in [5.41, 5.74) is 2.03. The molecule has 0 atom stereocenters. The van der Waals surface area contributed by atoms with Crippen molar-refractivity contribution in [1.29, 1.82) is 0 Å². The first-order chi connectivity index (χ1) is 12.8. The summed E-state index contributed by atoms with van der Waals surface area (Å²) in [6.45, 7) is 0.626. The molecule has 8 heteroatoms. The van der Waals surface area contributed by atoms with Crippen molar-refractivity contribution in [3.63, 3.8) is 0 Å². The van der Waals surface area contributed by atoms with Crippen molar-refractivity contribution in [3.05, 3.63) is 64.1 Å². The summed E-state index contributed by atoms with van der Waals surface area (Å²) < 4.78 is 0. The highest BCUT2D eigenvalue weighted by atomic mass is 32.2. The Hall–Kier alpha value is -2.45. The number of carbonyl (C=O) groups excluding carboxylic acids is 1. The first kappa shape index (κ1) is 17.0. The maximum absolute atomic E-state index is 12.4. The van der Waals surface area contributed by atoms with Gasteiger partial charge in [-0.3, -0.25) is 9.89 Å².